The van der Waals surface area contributed by atoms with Crippen LogP contribution in [0.2, 0.25) is 0 Å². The molecule has 0 aliphatic heterocycles. The van der Waals surface area contributed by atoms with Crippen molar-refractivity contribution in [3.8, 4) is 0 Å². The Bertz CT molecular complexity index is 443. The van der Waals surface area contributed by atoms with Gasteiger partial charge in [-0.15, -0.1) is 11.3 Å². The van der Waals surface area contributed by atoms with Gasteiger partial charge in [0.1, 0.15) is 5.69 Å². The normalized spacial score (nSPS) is 10.8. The molecule has 0 saturated carbocycles. The van der Waals surface area contributed by atoms with Gasteiger partial charge in [-0.1, -0.05) is 0 Å². The molecule has 2 rings (SSSR count). The maximum absolute atomic E-state index is 10.9. The molecule has 0 fully saturated rings. The van der Waals surface area contributed by atoms with Gasteiger partial charge >= 0.3 is 0 Å². The van der Waals surface area contributed by atoms with Gasteiger partial charge in [-0.25, -0.2) is 0 Å². The predicted molar refractivity (Wildman–Crippen MR) is 51.0 cm³/mol. The standard InChI is InChI=1S/C8H6ClNOS/c1-10-5-2-3-12-7(5)4-6(10)8(9)11/h2-4H,1H3. The lowest BCUT2D eigenvalue weighted by atomic mass is 10.4. The van der Waals surface area contributed by atoms with Crippen LogP contribution in [0.1, 0.15) is 10.5 Å². The molecule has 2 aromatic heterocycles. The van der Waals surface area contributed by atoms with Crippen LogP contribution in [0.25, 0.3) is 10.2 Å². The van der Waals surface area contributed by atoms with Gasteiger partial charge < -0.3 is 4.57 Å². The number of thiophene rings is 1. The highest BCUT2D eigenvalue weighted by Crippen LogP contribution is 2.24. The number of carbonyl (C=O) groups excluding carboxylic acids is 1. The minimum absolute atomic E-state index is 0.402. The fourth-order valence-electron chi connectivity index (χ4n) is 1.24. The molecule has 0 radical (unpaired) electrons. The topological polar surface area (TPSA) is 22.0 Å². The number of nitrogens with zero attached hydrogens (tertiary/aromatic N) is 1. The summed E-state index contributed by atoms with van der Waals surface area (Å²) >= 11 is 6.99. The first-order valence-corrected chi connectivity index (χ1v) is 4.68. The van der Waals surface area contributed by atoms with E-state index in [4.69, 9.17) is 11.6 Å². The van der Waals surface area contributed by atoms with Crippen LogP contribution in [-0.2, 0) is 7.05 Å². The van der Waals surface area contributed by atoms with Crippen molar-refractivity contribution in [1.82, 2.24) is 4.57 Å². The zero-order chi connectivity index (χ0) is 8.72. The molecule has 2 aromatic rings. The van der Waals surface area contributed by atoms with E-state index in [-0.39, 0.29) is 0 Å². The lowest BCUT2D eigenvalue weighted by molar-refractivity contribution is 0.107. The number of rotatable bonds is 1. The molecule has 2 nitrogen and oxygen atoms in total. The molecule has 4 heteroatoms. The molecule has 12 heavy (non-hydrogen) atoms. The van der Waals surface area contributed by atoms with Crippen molar-refractivity contribution in [3.63, 3.8) is 0 Å². The highest BCUT2D eigenvalue weighted by molar-refractivity contribution is 7.17. The lowest BCUT2D eigenvalue weighted by Crippen LogP contribution is -1.98. The Labute approximate surface area is 78.4 Å². The third kappa shape index (κ3) is 0.974. The zero-order valence-electron chi connectivity index (χ0n) is 6.37. The van der Waals surface area contributed by atoms with Crippen LogP contribution in [0.15, 0.2) is 17.5 Å². The summed E-state index contributed by atoms with van der Waals surface area (Å²) in [6.45, 7) is 0. The third-order valence-electron chi connectivity index (χ3n) is 1.87. The summed E-state index contributed by atoms with van der Waals surface area (Å²) in [5.41, 5.74) is 1.61. The summed E-state index contributed by atoms with van der Waals surface area (Å²) in [5, 5.41) is 1.59. The molecule has 0 atom stereocenters. The van der Waals surface area contributed by atoms with Crippen LogP contribution < -0.4 is 0 Å². The molecule has 0 spiro atoms. The van der Waals surface area contributed by atoms with E-state index < -0.39 is 5.24 Å². The van der Waals surface area contributed by atoms with Crippen molar-refractivity contribution < 1.29 is 4.79 Å². The Morgan fingerprint density at radius 1 is 1.67 bits per heavy atom. The molecule has 0 N–H and O–H groups in total. The second-order valence-corrected chi connectivity index (χ2v) is 3.82. The van der Waals surface area contributed by atoms with Gasteiger partial charge in [0.2, 0.25) is 0 Å². The number of fused-ring (bicyclic) bond motifs is 1. The minimum atomic E-state index is -0.402. The molecule has 0 aromatic carbocycles. The molecule has 0 amide bonds. The van der Waals surface area contributed by atoms with Gasteiger partial charge in [0.05, 0.1) is 10.2 Å². The first-order valence-electron chi connectivity index (χ1n) is 3.43. The number of aromatic nitrogens is 1. The summed E-state index contributed by atoms with van der Waals surface area (Å²) < 4.78 is 2.91. The number of carbonyl (C=O) groups is 1. The van der Waals surface area contributed by atoms with Crippen molar-refractivity contribution >= 4 is 38.4 Å². The van der Waals surface area contributed by atoms with Gasteiger partial charge in [-0.2, -0.15) is 0 Å². The Morgan fingerprint density at radius 2 is 2.42 bits per heavy atom. The van der Waals surface area contributed by atoms with E-state index in [2.05, 4.69) is 0 Å². The van der Waals surface area contributed by atoms with E-state index in [1.54, 1.807) is 15.9 Å². The van der Waals surface area contributed by atoms with Crippen LogP contribution in [0.3, 0.4) is 0 Å². The van der Waals surface area contributed by atoms with Crippen molar-refractivity contribution in [2.24, 2.45) is 7.05 Å². The van der Waals surface area contributed by atoms with Gasteiger partial charge in [0, 0.05) is 7.05 Å². The van der Waals surface area contributed by atoms with E-state index in [9.17, 15) is 4.79 Å². The van der Waals surface area contributed by atoms with Gasteiger partial charge in [0.15, 0.2) is 0 Å². The van der Waals surface area contributed by atoms with E-state index in [1.165, 1.54) is 0 Å². The van der Waals surface area contributed by atoms with E-state index >= 15 is 0 Å². The molecular formula is C8H6ClNOS. The summed E-state index contributed by atoms with van der Waals surface area (Å²) in [6.07, 6.45) is 0. The second kappa shape index (κ2) is 2.61. The molecule has 0 aliphatic carbocycles. The molecule has 0 saturated heterocycles. The fourth-order valence-corrected chi connectivity index (χ4v) is 2.27. The first-order chi connectivity index (χ1) is 5.70. The van der Waals surface area contributed by atoms with Crippen molar-refractivity contribution in [3.05, 3.63) is 23.2 Å². The molecule has 0 unspecified atom stereocenters. The maximum Gasteiger partial charge on any atom is 0.268 e. The Kier molecular flexibility index (Phi) is 1.70. The van der Waals surface area contributed by atoms with E-state index in [0.717, 1.165) is 10.2 Å². The van der Waals surface area contributed by atoms with E-state index in [1.807, 2.05) is 24.6 Å². The minimum Gasteiger partial charge on any atom is -0.339 e. The average Bonchev–Trinajstić information content (AvgIpc) is 2.53. The van der Waals surface area contributed by atoms with Crippen molar-refractivity contribution in [2.75, 3.05) is 0 Å². The van der Waals surface area contributed by atoms with Gasteiger partial charge in [0.25, 0.3) is 5.24 Å². The van der Waals surface area contributed by atoms with Crippen LogP contribution in [0.4, 0.5) is 0 Å². The van der Waals surface area contributed by atoms with Crippen LogP contribution >= 0.6 is 22.9 Å². The van der Waals surface area contributed by atoms with Crippen molar-refractivity contribution in [1.29, 1.82) is 0 Å². The number of hydrogen-bond acceptors (Lipinski definition) is 2. The van der Waals surface area contributed by atoms with Crippen molar-refractivity contribution in [2.45, 2.75) is 0 Å². The lowest BCUT2D eigenvalue weighted by Gasteiger charge is -1.95. The van der Waals surface area contributed by atoms with Crippen LogP contribution in [0.5, 0.6) is 0 Å². The van der Waals surface area contributed by atoms with Gasteiger partial charge in [-0.05, 0) is 29.1 Å². The van der Waals surface area contributed by atoms with E-state index in [0.29, 0.717) is 5.69 Å². The molecule has 62 valence electrons. The van der Waals surface area contributed by atoms with Crippen LogP contribution in [0, 0.1) is 0 Å². The quantitative estimate of drug-likeness (QED) is 0.648. The van der Waals surface area contributed by atoms with Gasteiger partial charge in [-0.3, -0.25) is 4.79 Å². The second-order valence-electron chi connectivity index (χ2n) is 2.53. The summed E-state index contributed by atoms with van der Waals surface area (Å²) in [5.74, 6) is 0. The predicted octanol–water partition coefficient (Wildman–Crippen LogP) is 2.62. The summed E-state index contributed by atoms with van der Waals surface area (Å²) in [6, 6.07) is 3.79. The SMILES string of the molecule is Cn1c(C(=O)Cl)cc2sccc21. The Balaban J connectivity index is 2.78. The summed E-state index contributed by atoms with van der Waals surface area (Å²) in [7, 11) is 1.84. The fraction of sp³-hybridized carbons (Fsp3) is 0.125. The highest BCUT2D eigenvalue weighted by Gasteiger charge is 2.10. The van der Waals surface area contributed by atoms with Crippen LogP contribution in [-0.4, -0.2) is 9.81 Å². The summed E-state index contributed by atoms with van der Waals surface area (Å²) in [4.78, 5) is 10.9. The third-order valence-corrected chi connectivity index (χ3v) is 2.91. The number of halogens is 1. The maximum atomic E-state index is 10.9. The number of aryl methyl sites for hydroxylation is 1. The molecule has 0 aliphatic rings. The molecular weight excluding hydrogens is 194 g/mol. The Morgan fingerprint density at radius 3 is 3.00 bits per heavy atom. The zero-order valence-corrected chi connectivity index (χ0v) is 7.95. The average molecular weight is 200 g/mol. The Hall–Kier alpha value is -0.800. The highest BCUT2D eigenvalue weighted by atomic mass is 35.5. The smallest absolute Gasteiger partial charge is 0.268 e. The largest absolute Gasteiger partial charge is 0.339 e. The monoisotopic (exact) mass is 199 g/mol. The first kappa shape index (κ1) is 7.83. The molecule has 2 heterocycles. The number of hydrogen-bond donors (Lipinski definition) is 0. The molecule has 0 bridgehead atoms.